The van der Waals surface area contributed by atoms with E-state index in [0.29, 0.717) is 18.5 Å². The molecule has 1 atom stereocenters. The lowest BCUT2D eigenvalue weighted by Gasteiger charge is -2.43. The number of phenols is 1. The second kappa shape index (κ2) is 6.38. The minimum absolute atomic E-state index is 0.0150. The molecule has 27 heavy (non-hydrogen) atoms. The number of hydrogen-bond acceptors (Lipinski definition) is 3. The molecule has 0 bridgehead atoms. The van der Waals surface area contributed by atoms with E-state index >= 15 is 0 Å². The summed E-state index contributed by atoms with van der Waals surface area (Å²) >= 11 is 0. The summed E-state index contributed by atoms with van der Waals surface area (Å²) in [4.78, 5) is 28.0. The lowest BCUT2D eigenvalue weighted by atomic mass is 9.69. The Morgan fingerprint density at radius 3 is 2.30 bits per heavy atom. The van der Waals surface area contributed by atoms with E-state index in [1.807, 2.05) is 30.3 Å². The van der Waals surface area contributed by atoms with Crippen LogP contribution in [0.4, 0.5) is 5.69 Å². The Bertz CT molecular complexity index is 926. The van der Waals surface area contributed by atoms with Crippen LogP contribution in [0, 0.1) is 5.41 Å². The number of ketones is 1. The van der Waals surface area contributed by atoms with Crippen LogP contribution in [0.15, 0.2) is 65.9 Å². The molecular weight excluding hydrogens is 338 g/mol. The molecule has 0 saturated carbocycles. The number of benzene rings is 2. The van der Waals surface area contributed by atoms with Crippen molar-refractivity contribution in [2.24, 2.45) is 5.41 Å². The van der Waals surface area contributed by atoms with Gasteiger partial charge in [-0.25, -0.2) is 0 Å². The molecule has 0 aromatic heterocycles. The van der Waals surface area contributed by atoms with Crippen LogP contribution >= 0.6 is 0 Å². The standard InChI is InChI=1S/C23H23NO3/c1-23(2)13-19-22(20(26)14-23)18(15-6-4-3-5-7-15)12-21(27)24(19)16-8-10-17(25)11-9-16/h3-11,18,25H,12-14H2,1-2H3. The van der Waals surface area contributed by atoms with E-state index in [1.165, 1.54) is 0 Å². The third-order valence-electron chi connectivity index (χ3n) is 5.45. The number of hydrogen-bond donors (Lipinski definition) is 1. The molecule has 1 aliphatic carbocycles. The molecular formula is C23H23NO3. The van der Waals surface area contributed by atoms with E-state index in [0.717, 1.165) is 16.8 Å². The fourth-order valence-corrected chi connectivity index (χ4v) is 4.29. The zero-order valence-corrected chi connectivity index (χ0v) is 15.6. The van der Waals surface area contributed by atoms with Crippen molar-refractivity contribution in [3.05, 3.63) is 71.4 Å². The first-order chi connectivity index (χ1) is 12.9. The van der Waals surface area contributed by atoms with Crippen LogP contribution in [0.2, 0.25) is 0 Å². The number of amides is 1. The van der Waals surface area contributed by atoms with Crippen molar-refractivity contribution >= 4 is 17.4 Å². The Kier molecular flexibility index (Phi) is 4.14. The van der Waals surface area contributed by atoms with Crippen LogP contribution in [0.25, 0.3) is 0 Å². The van der Waals surface area contributed by atoms with E-state index in [1.54, 1.807) is 29.2 Å². The molecule has 138 valence electrons. The molecule has 0 spiro atoms. The highest BCUT2D eigenvalue weighted by Gasteiger charge is 2.44. The van der Waals surface area contributed by atoms with E-state index in [2.05, 4.69) is 13.8 Å². The highest BCUT2D eigenvalue weighted by molar-refractivity contribution is 6.07. The minimum Gasteiger partial charge on any atom is -0.508 e. The molecule has 0 saturated heterocycles. The molecule has 4 rings (SSSR count). The van der Waals surface area contributed by atoms with Crippen molar-refractivity contribution in [1.29, 1.82) is 0 Å². The molecule has 1 amide bonds. The Balaban J connectivity index is 1.89. The van der Waals surface area contributed by atoms with Gasteiger partial charge in [0.15, 0.2) is 5.78 Å². The number of nitrogens with zero attached hydrogens (tertiary/aromatic N) is 1. The molecule has 0 fully saturated rings. The molecule has 1 N–H and O–H groups in total. The summed E-state index contributed by atoms with van der Waals surface area (Å²) < 4.78 is 0. The van der Waals surface area contributed by atoms with Gasteiger partial charge in [0, 0.05) is 35.7 Å². The van der Waals surface area contributed by atoms with Gasteiger partial charge in [0.05, 0.1) is 0 Å². The third-order valence-corrected chi connectivity index (χ3v) is 5.45. The summed E-state index contributed by atoms with van der Waals surface area (Å²) in [5, 5.41) is 9.60. The number of carbonyl (C=O) groups excluding carboxylic acids is 2. The maximum Gasteiger partial charge on any atom is 0.232 e. The molecule has 4 nitrogen and oxygen atoms in total. The van der Waals surface area contributed by atoms with Gasteiger partial charge >= 0.3 is 0 Å². The topological polar surface area (TPSA) is 57.6 Å². The molecule has 1 heterocycles. The molecule has 2 aliphatic rings. The fourth-order valence-electron chi connectivity index (χ4n) is 4.29. The summed E-state index contributed by atoms with van der Waals surface area (Å²) in [6.45, 7) is 4.14. The summed E-state index contributed by atoms with van der Waals surface area (Å²) in [6, 6.07) is 16.4. The van der Waals surface area contributed by atoms with Crippen molar-refractivity contribution in [2.45, 2.75) is 39.0 Å². The fraction of sp³-hybridized carbons (Fsp3) is 0.304. The van der Waals surface area contributed by atoms with Gasteiger partial charge in [0.25, 0.3) is 0 Å². The highest BCUT2D eigenvalue weighted by atomic mass is 16.3. The molecule has 2 aromatic rings. The predicted octanol–water partition coefficient (Wildman–Crippen LogP) is 4.56. The van der Waals surface area contributed by atoms with Gasteiger partial charge < -0.3 is 5.11 Å². The van der Waals surface area contributed by atoms with E-state index in [4.69, 9.17) is 0 Å². The van der Waals surface area contributed by atoms with E-state index < -0.39 is 0 Å². The largest absolute Gasteiger partial charge is 0.508 e. The van der Waals surface area contributed by atoms with Gasteiger partial charge in [0.1, 0.15) is 5.75 Å². The molecule has 2 aromatic carbocycles. The second-order valence-corrected chi connectivity index (χ2v) is 8.21. The van der Waals surface area contributed by atoms with Crippen molar-refractivity contribution in [2.75, 3.05) is 4.90 Å². The van der Waals surface area contributed by atoms with Crippen LogP contribution in [0.3, 0.4) is 0 Å². The van der Waals surface area contributed by atoms with Gasteiger partial charge in [-0.1, -0.05) is 44.2 Å². The van der Waals surface area contributed by atoms with Crippen molar-refractivity contribution < 1.29 is 14.7 Å². The number of phenolic OH excluding ortho intramolecular Hbond substituents is 1. The predicted molar refractivity (Wildman–Crippen MR) is 104 cm³/mol. The van der Waals surface area contributed by atoms with Crippen molar-refractivity contribution in [3.63, 3.8) is 0 Å². The Morgan fingerprint density at radius 2 is 1.63 bits per heavy atom. The van der Waals surface area contributed by atoms with E-state index in [9.17, 15) is 14.7 Å². The monoisotopic (exact) mass is 361 g/mol. The number of aromatic hydroxyl groups is 1. The van der Waals surface area contributed by atoms with Crippen LogP contribution in [0.5, 0.6) is 5.75 Å². The van der Waals surface area contributed by atoms with Gasteiger partial charge in [0.2, 0.25) is 5.91 Å². The van der Waals surface area contributed by atoms with Crippen molar-refractivity contribution in [1.82, 2.24) is 0 Å². The average Bonchev–Trinajstić information content (AvgIpc) is 2.62. The van der Waals surface area contributed by atoms with Crippen LogP contribution in [-0.2, 0) is 9.59 Å². The van der Waals surface area contributed by atoms with E-state index in [-0.39, 0.29) is 35.2 Å². The lowest BCUT2D eigenvalue weighted by molar-refractivity contribution is -0.121. The third kappa shape index (κ3) is 3.16. The number of anilines is 1. The zero-order chi connectivity index (χ0) is 19.2. The van der Waals surface area contributed by atoms with Gasteiger partial charge in [-0.15, -0.1) is 0 Å². The molecule has 0 radical (unpaired) electrons. The first-order valence-electron chi connectivity index (χ1n) is 9.29. The van der Waals surface area contributed by atoms with Crippen LogP contribution in [-0.4, -0.2) is 16.8 Å². The molecule has 4 heteroatoms. The second-order valence-electron chi connectivity index (χ2n) is 8.21. The SMILES string of the molecule is CC1(C)CC(=O)C2=C(C1)N(c1ccc(O)cc1)C(=O)CC2c1ccccc1. The van der Waals surface area contributed by atoms with Gasteiger partial charge in [-0.3, -0.25) is 14.5 Å². The highest BCUT2D eigenvalue weighted by Crippen LogP contribution is 2.48. The minimum atomic E-state index is -0.191. The summed E-state index contributed by atoms with van der Waals surface area (Å²) in [6.07, 6.45) is 1.44. The Labute approximate surface area is 159 Å². The Hall–Kier alpha value is -2.88. The van der Waals surface area contributed by atoms with Gasteiger partial charge in [-0.2, -0.15) is 0 Å². The van der Waals surface area contributed by atoms with Crippen molar-refractivity contribution in [3.8, 4) is 5.75 Å². The average molecular weight is 361 g/mol. The number of rotatable bonds is 2. The molecule has 1 unspecified atom stereocenters. The summed E-state index contributed by atoms with van der Waals surface area (Å²) in [7, 11) is 0. The quantitative estimate of drug-likeness (QED) is 0.853. The maximum atomic E-state index is 13.2. The maximum absolute atomic E-state index is 13.2. The number of carbonyl (C=O) groups is 2. The summed E-state index contributed by atoms with van der Waals surface area (Å²) in [5.74, 6) is 0.0791. The van der Waals surface area contributed by atoms with Crippen LogP contribution < -0.4 is 4.90 Å². The summed E-state index contributed by atoms with van der Waals surface area (Å²) in [5.41, 5.74) is 3.10. The lowest BCUT2D eigenvalue weighted by Crippen LogP contribution is -2.43. The normalized spacial score (nSPS) is 22.0. The molecule has 1 aliphatic heterocycles. The van der Waals surface area contributed by atoms with Crippen LogP contribution in [0.1, 0.15) is 44.6 Å². The Morgan fingerprint density at radius 1 is 0.963 bits per heavy atom. The number of allylic oxidation sites excluding steroid dienone is 2. The van der Waals surface area contributed by atoms with Gasteiger partial charge in [-0.05, 0) is 41.7 Å². The first kappa shape index (κ1) is 17.5. The number of Topliss-reactive ketones (excluding diaryl/α,β-unsaturated/α-hetero) is 1. The zero-order valence-electron chi connectivity index (χ0n) is 15.6. The first-order valence-corrected chi connectivity index (χ1v) is 9.29. The smallest absolute Gasteiger partial charge is 0.232 e.